The van der Waals surface area contributed by atoms with Gasteiger partial charge in [-0.25, -0.2) is 4.98 Å². The number of carbonyl (C=O) groups is 2. The van der Waals surface area contributed by atoms with Gasteiger partial charge in [0.15, 0.2) is 0 Å². The van der Waals surface area contributed by atoms with Gasteiger partial charge in [-0.2, -0.15) is 0 Å². The van der Waals surface area contributed by atoms with E-state index in [9.17, 15) is 9.59 Å². The number of amides is 2. The van der Waals surface area contributed by atoms with E-state index in [2.05, 4.69) is 15.6 Å². The van der Waals surface area contributed by atoms with Crippen LogP contribution in [0.2, 0.25) is 0 Å². The Labute approximate surface area is 152 Å². The molecule has 2 rings (SSSR count). The summed E-state index contributed by atoms with van der Waals surface area (Å²) in [5.74, 6) is 0.117. The Bertz CT molecular complexity index is 749. The van der Waals surface area contributed by atoms with Crippen LogP contribution in [0.15, 0.2) is 42.5 Å². The van der Waals surface area contributed by atoms with Crippen LogP contribution < -0.4 is 15.4 Å². The lowest BCUT2D eigenvalue weighted by atomic mass is 10.1. The molecule has 0 saturated carbocycles. The number of rotatable bonds is 9. The second-order valence-corrected chi connectivity index (χ2v) is 5.47. The third-order valence-corrected chi connectivity index (χ3v) is 3.68. The van der Waals surface area contributed by atoms with E-state index in [4.69, 9.17) is 9.47 Å². The lowest BCUT2D eigenvalue weighted by Crippen LogP contribution is -2.30. The van der Waals surface area contributed by atoms with E-state index in [1.54, 1.807) is 32.4 Å². The summed E-state index contributed by atoms with van der Waals surface area (Å²) in [4.78, 5) is 28.4. The number of nitrogens with one attached hydrogen (secondary N) is 2. The first-order chi connectivity index (χ1) is 12.7. The zero-order valence-corrected chi connectivity index (χ0v) is 15.0. The van der Waals surface area contributed by atoms with E-state index >= 15 is 0 Å². The van der Waals surface area contributed by atoms with Crippen LogP contribution >= 0.6 is 0 Å². The third-order valence-electron chi connectivity index (χ3n) is 3.68. The second-order valence-electron chi connectivity index (χ2n) is 5.47. The molecule has 0 atom stereocenters. The van der Waals surface area contributed by atoms with Gasteiger partial charge < -0.3 is 20.1 Å². The van der Waals surface area contributed by atoms with Crippen LogP contribution in [0.3, 0.4) is 0 Å². The molecular weight excluding hydrogens is 334 g/mol. The van der Waals surface area contributed by atoms with Crippen LogP contribution in [0.1, 0.15) is 26.5 Å². The average Bonchev–Trinajstić information content (AvgIpc) is 2.68. The minimum absolute atomic E-state index is 0.193. The quantitative estimate of drug-likeness (QED) is 0.663. The van der Waals surface area contributed by atoms with Crippen molar-refractivity contribution in [1.82, 2.24) is 15.6 Å². The zero-order valence-electron chi connectivity index (χ0n) is 15.0. The van der Waals surface area contributed by atoms with Crippen LogP contribution in [0, 0.1) is 0 Å². The van der Waals surface area contributed by atoms with Crippen molar-refractivity contribution >= 4 is 11.8 Å². The SMILES string of the molecule is COCCNC(=O)c1cccc(C(=O)NCCc2ccccc2OC)n1. The number of hydrogen-bond acceptors (Lipinski definition) is 5. The monoisotopic (exact) mass is 357 g/mol. The number of para-hydroxylation sites is 1. The normalized spacial score (nSPS) is 10.2. The second kappa shape index (κ2) is 10.1. The molecule has 138 valence electrons. The zero-order chi connectivity index (χ0) is 18.8. The van der Waals surface area contributed by atoms with Gasteiger partial charge in [-0.05, 0) is 30.2 Å². The highest BCUT2D eigenvalue weighted by Crippen LogP contribution is 2.17. The van der Waals surface area contributed by atoms with E-state index in [1.807, 2.05) is 24.3 Å². The van der Waals surface area contributed by atoms with Crippen molar-refractivity contribution in [2.45, 2.75) is 6.42 Å². The molecule has 0 unspecified atom stereocenters. The molecule has 1 aromatic heterocycles. The molecule has 7 nitrogen and oxygen atoms in total. The van der Waals surface area contributed by atoms with Crippen molar-refractivity contribution in [2.75, 3.05) is 33.9 Å². The van der Waals surface area contributed by atoms with Crippen LogP contribution in [0.5, 0.6) is 5.75 Å². The number of ether oxygens (including phenoxy) is 2. The molecule has 0 radical (unpaired) electrons. The van der Waals surface area contributed by atoms with Crippen molar-refractivity contribution in [1.29, 1.82) is 0 Å². The van der Waals surface area contributed by atoms with Gasteiger partial charge in [-0.1, -0.05) is 24.3 Å². The Morgan fingerprint density at radius 2 is 1.58 bits per heavy atom. The summed E-state index contributed by atoms with van der Waals surface area (Å²) in [5.41, 5.74) is 1.40. The highest BCUT2D eigenvalue weighted by atomic mass is 16.5. The Balaban J connectivity index is 1.91. The maximum atomic E-state index is 12.3. The number of nitrogens with zero attached hydrogens (tertiary/aromatic N) is 1. The smallest absolute Gasteiger partial charge is 0.269 e. The van der Waals surface area contributed by atoms with E-state index in [0.29, 0.717) is 26.1 Å². The molecule has 2 aromatic rings. The molecular formula is C19H23N3O4. The van der Waals surface area contributed by atoms with Crippen molar-refractivity contribution in [3.8, 4) is 5.75 Å². The molecule has 2 N–H and O–H groups in total. The number of carbonyl (C=O) groups excluding carboxylic acids is 2. The minimum atomic E-state index is -0.342. The lowest BCUT2D eigenvalue weighted by Gasteiger charge is -2.09. The molecule has 1 heterocycles. The summed E-state index contributed by atoms with van der Waals surface area (Å²) in [5, 5.41) is 5.48. The Morgan fingerprint density at radius 3 is 2.23 bits per heavy atom. The summed E-state index contributed by atoms with van der Waals surface area (Å²) < 4.78 is 10.2. The van der Waals surface area contributed by atoms with Crippen molar-refractivity contribution < 1.29 is 19.1 Å². The molecule has 7 heteroatoms. The number of pyridine rings is 1. The highest BCUT2D eigenvalue weighted by molar-refractivity contribution is 5.96. The summed E-state index contributed by atoms with van der Waals surface area (Å²) in [7, 11) is 3.17. The molecule has 0 aliphatic carbocycles. The van der Waals surface area contributed by atoms with Gasteiger partial charge >= 0.3 is 0 Å². The van der Waals surface area contributed by atoms with E-state index in [1.165, 1.54) is 0 Å². The molecule has 0 aliphatic rings. The predicted molar refractivity (Wildman–Crippen MR) is 97.5 cm³/mol. The lowest BCUT2D eigenvalue weighted by molar-refractivity contribution is 0.0931. The van der Waals surface area contributed by atoms with Gasteiger partial charge in [0.05, 0.1) is 13.7 Å². The van der Waals surface area contributed by atoms with Gasteiger partial charge in [-0.3, -0.25) is 9.59 Å². The molecule has 2 amide bonds. The first-order valence-corrected chi connectivity index (χ1v) is 8.30. The minimum Gasteiger partial charge on any atom is -0.496 e. The fourth-order valence-corrected chi connectivity index (χ4v) is 2.36. The van der Waals surface area contributed by atoms with Crippen LogP contribution in [-0.2, 0) is 11.2 Å². The van der Waals surface area contributed by atoms with Crippen molar-refractivity contribution in [3.63, 3.8) is 0 Å². The van der Waals surface area contributed by atoms with Crippen LogP contribution in [0.25, 0.3) is 0 Å². The van der Waals surface area contributed by atoms with Crippen LogP contribution in [-0.4, -0.2) is 50.7 Å². The first kappa shape index (κ1) is 19.4. The average molecular weight is 357 g/mol. The summed E-state index contributed by atoms with van der Waals surface area (Å²) >= 11 is 0. The Hall–Kier alpha value is -2.93. The maximum Gasteiger partial charge on any atom is 0.269 e. The molecule has 26 heavy (non-hydrogen) atoms. The largest absolute Gasteiger partial charge is 0.496 e. The first-order valence-electron chi connectivity index (χ1n) is 8.30. The standard InChI is InChI=1S/C19H23N3O4/c1-25-13-12-21-19(24)16-8-5-7-15(22-16)18(23)20-11-10-14-6-3-4-9-17(14)26-2/h3-9H,10-13H2,1-2H3,(H,20,23)(H,21,24). The Morgan fingerprint density at radius 1 is 0.923 bits per heavy atom. The van der Waals surface area contributed by atoms with Gasteiger partial charge in [-0.15, -0.1) is 0 Å². The fraction of sp³-hybridized carbons (Fsp3) is 0.316. The number of methoxy groups -OCH3 is 2. The van der Waals surface area contributed by atoms with Crippen LogP contribution in [0.4, 0.5) is 0 Å². The Kier molecular flexibility index (Phi) is 7.57. The predicted octanol–water partition coefficient (Wildman–Crippen LogP) is 1.44. The maximum absolute atomic E-state index is 12.3. The summed E-state index contributed by atoms with van der Waals surface area (Å²) in [6.07, 6.45) is 0.632. The molecule has 0 bridgehead atoms. The van der Waals surface area contributed by atoms with Gasteiger partial charge in [0.1, 0.15) is 17.1 Å². The highest BCUT2D eigenvalue weighted by Gasteiger charge is 2.12. The third kappa shape index (κ3) is 5.56. The molecule has 1 aromatic carbocycles. The van der Waals surface area contributed by atoms with Crippen molar-refractivity contribution in [2.24, 2.45) is 0 Å². The van der Waals surface area contributed by atoms with Gasteiger partial charge in [0.2, 0.25) is 0 Å². The van der Waals surface area contributed by atoms with Gasteiger partial charge in [0, 0.05) is 20.2 Å². The number of aromatic nitrogens is 1. The van der Waals surface area contributed by atoms with Crippen molar-refractivity contribution in [3.05, 3.63) is 59.4 Å². The topological polar surface area (TPSA) is 89.5 Å². The summed E-state index contributed by atoms with van der Waals surface area (Å²) in [6, 6.07) is 12.4. The van der Waals surface area contributed by atoms with E-state index in [0.717, 1.165) is 11.3 Å². The van der Waals surface area contributed by atoms with E-state index < -0.39 is 0 Å². The molecule has 0 spiro atoms. The van der Waals surface area contributed by atoms with Gasteiger partial charge in [0.25, 0.3) is 11.8 Å². The number of benzene rings is 1. The molecule has 0 aliphatic heterocycles. The summed E-state index contributed by atoms with van der Waals surface area (Å²) in [6.45, 7) is 1.23. The fourth-order valence-electron chi connectivity index (χ4n) is 2.36. The number of hydrogen-bond donors (Lipinski definition) is 2. The molecule has 0 saturated heterocycles. The van der Waals surface area contributed by atoms with E-state index in [-0.39, 0.29) is 23.2 Å². The molecule has 0 fully saturated rings.